The molecule has 0 spiro atoms. The summed E-state index contributed by atoms with van der Waals surface area (Å²) < 4.78 is 5.43. The van der Waals surface area contributed by atoms with Crippen LogP contribution in [0.15, 0.2) is 0 Å². The predicted molar refractivity (Wildman–Crippen MR) is 75.6 cm³/mol. The molecule has 1 aliphatic rings. The van der Waals surface area contributed by atoms with E-state index in [-0.39, 0.29) is 12.1 Å². The van der Waals surface area contributed by atoms with Gasteiger partial charge in [0.05, 0.1) is 17.1 Å². The molecule has 2 unspecified atom stereocenters. The molecule has 2 atom stereocenters. The number of carbonyl (C=O) groups is 2. The van der Waals surface area contributed by atoms with Gasteiger partial charge in [-0.25, -0.2) is 4.79 Å². The normalized spacial score (nSPS) is 23.4. The summed E-state index contributed by atoms with van der Waals surface area (Å²) in [7, 11) is 0. The molecule has 0 aromatic heterocycles. The smallest absolute Gasteiger partial charge is 0.315 e. The molecule has 0 aromatic rings. The average Bonchev–Trinajstić information content (AvgIpc) is 2.71. The summed E-state index contributed by atoms with van der Waals surface area (Å²) in [6, 6.07) is -0.344. The van der Waals surface area contributed by atoms with Gasteiger partial charge in [-0.05, 0) is 41.0 Å². The third-order valence-electron chi connectivity index (χ3n) is 4.58. The first-order chi connectivity index (χ1) is 9.08. The van der Waals surface area contributed by atoms with Crippen LogP contribution in [-0.2, 0) is 9.53 Å². The maximum Gasteiger partial charge on any atom is 0.315 e. The molecule has 116 valence electrons. The van der Waals surface area contributed by atoms with Gasteiger partial charge in [-0.3, -0.25) is 4.79 Å². The lowest BCUT2D eigenvalue weighted by Gasteiger charge is -2.38. The zero-order valence-electron chi connectivity index (χ0n) is 12.9. The highest BCUT2D eigenvalue weighted by Crippen LogP contribution is 2.30. The van der Waals surface area contributed by atoms with Crippen LogP contribution in [0.4, 0.5) is 4.79 Å². The van der Waals surface area contributed by atoms with Crippen LogP contribution in [0.25, 0.3) is 0 Å². The van der Waals surface area contributed by atoms with Crippen molar-refractivity contribution in [3.8, 4) is 0 Å². The molecule has 1 heterocycles. The summed E-state index contributed by atoms with van der Waals surface area (Å²) in [6.07, 6.45) is 1.09. The highest BCUT2D eigenvalue weighted by atomic mass is 16.5. The quantitative estimate of drug-likeness (QED) is 0.716. The predicted octanol–water partition coefficient (Wildman–Crippen LogP) is 1.60. The molecule has 6 heteroatoms. The summed E-state index contributed by atoms with van der Waals surface area (Å²) in [5.41, 5.74) is -1.92. The maximum atomic E-state index is 11.9. The van der Waals surface area contributed by atoms with Crippen molar-refractivity contribution in [3.63, 3.8) is 0 Å². The SMILES string of the molecule is CC1OCCC1CNC(=O)NC(C)(C)C(C)(C)C(=O)O. The lowest BCUT2D eigenvalue weighted by Crippen LogP contribution is -2.59. The molecule has 1 rings (SSSR count). The number of carboxylic acids is 1. The first-order valence-electron chi connectivity index (χ1n) is 6.99. The number of urea groups is 1. The van der Waals surface area contributed by atoms with E-state index in [4.69, 9.17) is 4.74 Å². The van der Waals surface area contributed by atoms with Crippen LogP contribution in [0, 0.1) is 11.3 Å². The van der Waals surface area contributed by atoms with Crippen LogP contribution in [0.2, 0.25) is 0 Å². The molecule has 0 aliphatic carbocycles. The van der Waals surface area contributed by atoms with Gasteiger partial charge in [-0.2, -0.15) is 0 Å². The van der Waals surface area contributed by atoms with E-state index in [1.165, 1.54) is 0 Å². The number of amides is 2. The minimum atomic E-state index is -1.06. The first kappa shape index (κ1) is 16.8. The molecular formula is C14H26N2O4. The van der Waals surface area contributed by atoms with Gasteiger partial charge < -0.3 is 20.5 Å². The van der Waals surface area contributed by atoms with Crippen molar-refractivity contribution in [3.05, 3.63) is 0 Å². The summed E-state index contributed by atoms with van der Waals surface area (Å²) in [5, 5.41) is 14.8. The van der Waals surface area contributed by atoms with Crippen LogP contribution < -0.4 is 10.6 Å². The Morgan fingerprint density at radius 1 is 1.30 bits per heavy atom. The van der Waals surface area contributed by atoms with Crippen LogP contribution in [0.5, 0.6) is 0 Å². The van der Waals surface area contributed by atoms with E-state index in [1.807, 2.05) is 6.92 Å². The Morgan fingerprint density at radius 3 is 2.35 bits per heavy atom. The van der Waals surface area contributed by atoms with E-state index in [0.29, 0.717) is 12.5 Å². The molecule has 1 fully saturated rings. The Balaban J connectivity index is 2.51. The minimum absolute atomic E-state index is 0.152. The maximum absolute atomic E-state index is 11.9. The highest BCUT2D eigenvalue weighted by Gasteiger charge is 2.44. The molecule has 1 aliphatic heterocycles. The average molecular weight is 286 g/mol. The molecule has 3 N–H and O–H groups in total. The van der Waals surface area contributed by atoms with Gasteiger partial charge in [-0.1, -0.05) is 0 Å². The lowest BCUT2D eigenvalue weighted by molar-refractivity contribution is -0.150. The van der Waals surface area contributed by atoms with Gasteiger partial charge in [0, 0.05) is 19.1 Å². The van der Waals surface area contributed by atoms with Crippen LogP contribution in [0.3, 0.4) is 0 Å². The van der Waals surface area contributed by atoms with Gasteiger partial charge >= 0.3 is 12.0 Å². The second-order valence-electron chi connectivity index (χ2n) is 6.51. The molecule has 0 bridgehead atoms. The van der Waals surface area contributed by atoms with E-state index < -0.39 is 16.9 Å². The fourth-order valence-corrected chi connectivity index (χ4v) is 2.02. The summed E-state index contributed by atoms with van der Waals surface area (Å²) in [6.45, 7) is 9.88. The number of carboxylic acid groups (broad SMARTS) is 1. The first-order valence-corrected chi connectivity index (χ1v) is 6.99. The standard InChI is InChI=1S/C14H26N2O4/c1-9-10(6-7-20-9)8-15-12(19)16-14(4,5)13(2,3)11(17)18/h9-10H,6-8H2,1-5H3,(H,17,18)(H2,15,16,19). The van der Waals surface area contributed by atoms with Crippen molar-refractivity contribution in [2.24, 2.45) is 11.3 Å². The minimum Gasteiger partial charge on any atom is -0.481 e. The third kappa shape index (κ3) is 3.62. The van der Waals surface area contributed by atoms with Gasteiger partial charge in [0.2, 0.25) is 0 Å². The fraction of sp³-hybridized carbons (Fsp3) is 0.857. The summed E-state index contributed by atoms with van der Waals surface area (Å²) >= 11 is 0. The monoisotopic (exact) mass is 286 g/mol. The molecule has 2 amide bonds. The van der Waals surface area contributed by atoms with Crippen LogP contribution >= 0.6 is 0 Å². The Kier molecular flexibility index (Phi) is 5.02. The zero-order valence-corrected chi connectivity index (χ0v) is 12.9. The van der Waals surface area contributed by atoms with Gasteiger partial charge in [0.1, 0.15) is 0 Å². The number of carbonyl (C=O) groups excluding carboxylic acids is 1. The van der Waals surface area contributed by atoms with Crippen molar-refractivity contribution < 1.29 is 19.4 Å². The molecule has 6 nitrogen and oxygen atoms in total. The second kappa shape index (κ2) is 5.99. The zero-order chi connectivity index (χ0) is 15.6. The Morgan fingerprint density at radius 2 is 1.90 bits per heavy atom. The number of nitrogens with one attached hydrogen (secondary N) is 2. The summed E-state index contributed by atoms with van der Waals surface area (Å²) in [5.74, 6) is -0.628. The van der Waals surface area contributed by atoms with E-state index in [1.54, 1.807) is 27.7 Å². The van der Waals surface area contributed by atoms with Crippen LogP contribution in [0.1, 0.15) is 41.0 Å². The lowest BCUT2D eigenvalue weighted by atomic mass is 9.74. The largest absolute Gasteiger partial charge is 0.481 e. The van der Waals surface area contributed by atoms with Crippen molar-refractivity contribution in [2.45, 2.75) is 52.7 Å². The van der Waals surface area contributed by atoms with E-state index in [9.17, 15) is 14.7 Å². The highest BCUT2D eigenvalue weighted by molar-refractivity contribution is 5.79. The van der Waals surface area contributed by atoms with Gasteiger partial charge in [-0.15, -0.1) is 0 Å². The van der Waals surface area contributed by atoms with Crippen LogP contribution in [-0.4, -0.2) is 41.9 Å². The molecule has 1 saturated heterocycles. The molecule has 0 saturated carbocycles. The second-order valence-corrected chi connectivity index (χ2v) is 6.51. The Hall–Kier alpha value is -1.30. The number of hydrogen-bond donors (Lipinski definition) is 3. The van der Waals surface area contributed by atoms with Gasteiger partial charge in [0.25, 0.3) is 0 Å². The number of hydrogen-bond acceptors (Lipinski definition) is 3. The van der Waals surface area contributed by atoms with E-state index >= 15 is 0 Å². The third-order valence-corrected chi connectivity index (χ3v) is 4.58. The number of ether oxygens (including phenoxy) is 1. The van der Waals surface area contributed by atoms with E-state index in [0.717, 1.165) is 13.0 Å². The molecule has 0 aromatic carbocycles. The van der Waals surface area contributed by atoms with Crippen molar-refractivity contribution in [1.29, 1.82) is 0 Å². The van der Waals surface area contributed by atoms with Crippen molar-refractivity contribution in [1.82, 2.24) is 10.6 Å². The Bertz CT molecular complexity index is 379. The molecule has 20 heavy (non-hydrogen) atoms. The molecule has 0 radical (unpaired) electrons. The topological polar surface area (TPSA) is 87.7 Å². The number of rotatable bonds is 5. The fourth-order valence-electron chi connectivity index (χ4n) is 2.02. The van der Waals surface area contributed by atoms with E-state index in [2.05, 4.69) is 10.6 Å². The number of aliphatic carboxylic acids is 1. The Labute approximate surface area is 120 Å². The van der Waals surface area contributed by atoms with Gasteiger partial charge in [0.15, 0.2) is 0 Å². The van der Waals surface area contributed by atoms with Crippen molar-refractivity contribution in [2.75, 3.05) is 13.2 Å². The van der Waals surface area contributed by atoms with Crippen molar-refractivity contribution >= 4 is 12.0 Å². The summed E-state index contributed by atoms with van der Waals surface area (Å²) in [4.78, 5) is 23.2. The molecular weight excluding hydrogens is 260 g/mol.